The van der Waals surface area contributed by atoms with Crippen LogP contribution in [0.3, 0.4) is 0 Å². The monoisotopic (exact) mass is 337 g/mol. The maximum Gasteiger partial charge on any atom is 0.496 e. The Morgan fingerprint density at radius 3 is 2.25 bits per heavy atom. The van der Waals surface area contributed by atoms with Gasteiger partial charge in [-0.3, -0.25) is 0 Å². The van der Waals surface area contributed by atoms with Crippen molar-refractivity contribution in [2.75, 3.05) is 33.5 Å². The highest BCUT2D eigenvalue weighted by molar-refractivity contribution is 6.62. The number of methoxy groups -OCH3 is 1. The van der Waals surface area contributed by atoms with E-state index in [-0.39, 0.29) is 11.2 Å². The van der Waals surface area contributed by atoms with Crippen molar-refractivity contribution in [2.24, 2.45) is 0 Å². The molecule has 2 rings (SSSR count). The van der Waals surface area contributed by atoms with Gasteiger partial charge >= 0.3 is 7.12 Å². The van der Waals surface area contributed by atoms with E-state index in [1.165, 1.54) is 0 Å². The Balaban J connectivity index is 1.91. The lowest BCUT2D eigenvalue weighted by Crippen LogP contribution is -2.41. The van der Waals surface area contributed by atoms with Crippen molar-refractivity contribution in [1.29, 1.82) is 0 Å². The summed E-state index contributed by atoms with van der Waals surface area (Å²) in [6, 6.07) is 2.00. The summed E-state index contributed by atoms with van der Waals surface area (Å²) >= 11 is 0. The molecule has 0 N–H and O–H groups in total. The third-order valence-corrected chi connectivity index (χ3v) is 4.48. The van der Waals surface area contributed by atoms with E-state index in [1.807, 2.05) is 40.7 Å². The lowest BCUT2D eigenvalue weighted by atomic mass is 9.80. The van der Waals surface area contributed by atoms with Gasteiger partial charge in [-0.05, 0) is 34.6 Å². The second-order valence-electron chi connectivity index (χ2n) is 6.93. The molecule has 2 heterocycles. The topological polar surface area (TPSA) is 59.0 Å². The Hall–Kier alpha value is -1.15. The van der Waals surface area contributed by atoms with Crippen molar-refractivity contribution < 1.29 is 23.5 Å². The highest BCUT2D eigenvalue weighted by Crippen LogP contribution is 2.36. The quantitative estimate of drug-likeness (QED) is 0.532. The molecule has 1 aromatic rings. The maximum absolute atomic E-state index is 6.05. The third kappa shape index (κ3) is 4.48. The molecule has 1 saturated heterocycles. The van der Waals surface area contributed by atoms with E-state index in [0.717, 1.165) is 11.0 Å². The molecular formula is C17H28BNO5. The Morgan fingerprint density at radius 1 is 1.04 bits per heavy atom. The van der Waals surface area contributed by atoms with Crippen LogP contribution < -0.4 is 10.2 Å². The van der Waals surface area contributed by atoms with Crippen LogP contribution in [0.5, 0.6) is 5.88 Å². The average molecular weight is 337 g/mol. The molecule has 1 aromatic heterocycles. The van der Waals surface area contributed by atoms with Crippen LogP contribution in [0.25, 0.3) is 0 Å². The summed E-state index contributed by atoms with van der Waals surface area (Å²) in [5.74, 6) is 0.602. The van der Waals surface area contributed by atoms with Crippen LogP contribution in [0, 0.1) is 6.92 Å². The minimum atomic E-state index is -0.410. The Labute approximate surface area is 144 Å². The number of nitrogens with zero attached hydrogens (tertiary/aromatic N) is 1. The average Bonchev–Trinajstić information content (AvgIpc) is 2.72. The first-order chi connectivity index (χ1) is 11.3. The van der Waals surface area contributed by atoms with E-state index in [2.05, 4.69) is 4.98 Å². The van der Waals surface area contributed by atoms with Gasteiger partial charge in [0.2, 0.25) is 5.88 Å². The van der Waals surface area contributed by atoms with Gasteiger partial charge in [0.25, 0.3) is 0 Å². The molecule has 0 aliphatic carbocycles. The number of aryl methyl sites for hydroxylation is 1. The van der Waals surface area contributed by atoms with Crippen molar-refractivity contribution in [2.45, 2.75) is 45.8 Å². The molecular weight excluding hydrogens is 309 g/mol. The summed E-state index contributed by atoms with van der Waals surface area (Å²) in [5, 5.41) is 0. The van der Waals surface area contributed by atoms with Gasteiger partial charge in [-0.1, -0.05) is 6.07 Å². The largest absolute Gasteiger partial charge is 0.496 e. The molecule has 134 valence electrons. The summed E-state index contributed by atoms with van der Waals surface area (Å²) in [6.45, 7) is 12.2. The number of pyridine rings is 1. The van der Waals surface area contributed by atoms with Crippen LogP contribution in [-0.2, 0) is 18.8 Å². The normalized spacial score (nSPS) is 18.8. The lowest BCUT2D eigenvalue weighted by Gasteiger charge is -2.32. The number of hydrogen-bond donors (Lipinski definition) is 0. The van der Waals surface area contributed by atoms with Gasteiger partial charge in [-0.15, -0.1) is 0 Å². The molecule has 24 heavy (non-hydrogen) atoms. The Kier molecular flexibility index (Phi) is 6.25. The smallest absolute Gasteiger partial charge is 0.475 e. The molecule has 0 bridgehead atoms. The van der Waals surface area contributed by atoms with Gasteiger partial charge in [0.1, 0.15) is 6.61 Å². The van der Waals surface area contributed by atoms with E-state index in [4.69, 9.17) is 23.5 Å². The van der Waals surface area contributed by atoms with Crippen molar-refractivity contribution in [3.8, 4) is 5.88 Å². The van der Waals surface area contributed by atoms with E-state index in [0.29, 0.717) is 32.3 Å². The zero-order valence-electron chi connectivity index (χ0n) is 15.5. The molecule has 6 nitrogen and oxygen atoms in total. The molecule has 0 radical (unpaired) electrons. The third-order valence-electron chi connectivity index (χ3n) is 4.48. The molecule has 1 aliphatic rings. The molecule has 1 aliphatic heterocycles. The van der Waals surface area contributed by atoms with Gasteiger partial charge in [-0.2, -0.15) is 0 Å². The summed E-state index contributed by atoms with van der Waals surface area (Å²) in [4.78, 5) is 4.39. The SMILES string of the molecule is COCCOCCOc1ncc(B2OC(C)(C)C(C)(C)O2)cc1C. The first-order valence-corrected chi connectivity index (χ1v) is 8.28. The standard InChI is InChI=1S/C17H28BNO5/c1-13-11-14(18-23-16(2,3)17(4,5)24-18)12-19-15(13)22-10-9-21-8-7-20-6/h11-12H,7-10H2,1-6H3. The van der Waals surface area contributed by atoms with Crippen molar-refractivity contribution >= 4 is 12.6 Å². The fourth-order valence-electron chi connectivity index (χ4n) is 2.28. The van der Waals surface area contributed by atoms with Gasteiger partial charge in [0.05, 0.1) is 31.0 Å². The van der Waals surface area contributed by atoms with E-state index in [1.54, 1.807) is 13.3 Å². The molecule has 0 aromatic carbocycles. The summed E-state index contributed by atoms with van der Waals surface area (Å²) in [5.41, 5.74) is 1.12. The molecule has 0 unspecified atom stereocenters. The van der Waals surface area contributed by atoms with Crippen molar-refractivity contribution in [3.05, 3.63) is 17.8 Å². The minimum Gasteiger partial charge on any atom is -0.475 e. The molecule has 7 heteroatoms. The second kappa shape index (κ2) is 7.82. The van der Waals surface area contributed by atoms with Gasteiger partial charge in [-0.25, -0.2) is 4.98 Å². The van der Waals surface area contributed by atoms with E-state index >= 15 is 0 Å². The molecule has 0 atom stereocenters. The first-order valence-electron chi connectivity index (χ1n) is 8.28. The lowest BCUT2D eigenvalue weighted by molar-refractivity contribution is 0.00578. The zero-order valence-corrected chi connectivity index (χ0v) is 15.5. The summed E-state index contributed by atoms with van der Waals surface area (Å²) in [7, 11) is 1.24. The van der Waals surface area contributed by atoms with Gasteiger partial charge in [0.15, 0.2) is 0 Å². The fourth-order valence-corrected chi connectivity index (χ4v) is 2.28. The van der Waals surface area contributed by atoms with Crippen LogP contribution in [0.2, 0.25) is 0 Å². The highest BCUT2D eigenvalue weighted by atomic mass is 16.7. The molecule has 0 saturated carbocycles. The van der Waals surface area contributed by atoms with Gasteiger partial charge in [0, 0.05) is 24.3 Å². The summed E-state index contributed by atoms with van der Waals surface area (Å²) < 4.78 is 28.0. The number of rotatable bonds is 8. The van der Waals surface area contributed by atoms with Crippen LogP contribution in [-0.4, -0.2) is 56.8 Å². The second-order valence-corrected chi connectivity index (χ2v) is 6.93. The predicted molar refractivity (Wildman–Crippen MR) is 92.9 cm³/mol. The van der Waals surface area contributed by atoms with E-state index in [9.17, 15) is 0 Å². The van der Waals surface area contributed by atoms with Crippen LogP contribution in [0.4, 0.5) is 0 Å². The van der Waals surface area contributed by atoms with Gasteiger partial charge < -0.3 is 23.5 Å². The van der Waals surface area contributed by atoms with E-state index < -0.39 is 7.12 Å². The highest BCUT2D eigenvalue weighted by Gasteiger charge is 2.51. The number of hydrogen-bond acceptors (Lipinski definition) is 6. The molecule has 0 amide bonds. The van der Waals surface area contributed by atoms with Crippen LogP contribution in [0.15, 0.2) is 12.3 Å². The van der Waals surface area contributed by atoms with Crippen molar-refractivity contribution in [1.82, 2.24) is 4.98 Å². The summed E-state index contributed by atoms with van der Waals surface area (Å²) in [6.07, 6.45) is 1.75. The first kappa shape index (κ1) is 19.2. The molecule has 1 fully saturated rings. The Morgan fingerprint density at radius 2 is 1.67 bits per heavy atom. The van der Waals surface area contributed by atoms with Crippen LogP contribution in [0.1, 0.15) is 33.3 Å². The number of ether oxygens (including phenoxy) is 3. The maximum atomic E-state index is 6.05. The van der Waals surface area contributed by atoms with Crippen molar-refractivity contribution in [3.63, 3.8) is 0 Å². The fraction of sp³-hybridized carbons (Fsp3) is 0.706. The minimum absolute atomic E-state index is 0.361. The Bertz CT molecular complexity index is 534. The number of aromatic nitrogens is 1. The zero-order chi connectivity index (χ0) is 17.8. The molecule has 0 spiro atoms. The van der Waals surface area contributed by atoms with Crippen LogP contribution >= 0.6 is 0 Å². The predicted octanol–water partition coefficient (Wildman–Crippen LogP) is 1.73.